The molecule has 1 aromatic heterocycles. The SMILES string of the molecule is CCCc1cc(NC(=O)c2cc(N3CCCS3)ncc2C)cc(C(=O)OC)c1. The number of esters is 1. The number of aromatic nitrogens is 1. The maximum Gasteiger partial charge on any atom is 0.337 e. The third-order valence-electron chi connectivity index (χ3n) is 4.55. The number of hydrogen-bond donors (Lipinski definition) is 1. The van der Waals surface area contributed by atoms with Crippen molar-refractivity contribution < 1.29 is 14.3 Å². The van der Waals surface area contributed by atoms with Crippen molar-refractivity contribution in [3.8, 4) is 0 Å². The summed E-state index contributed by atoms with van der Waals surface area (Å²) in [6, 6.07) is 7.20. The lowest BCUT2D eigenvalue weighted by Gasteiger charge is -2.17. The van der Waals surface area contributed by atoms with E-state index < -0.39 is 5.97 Å². The molecule has 1 aliphatic rings. The maximum absolute atomic E-state index is 12.9. The number of pyridine rings is 1. The van der Waals surface area contributed by atoms with Crippen molar-refractivity contribution in [2.45, 2.75) is 33.1 Å². The largest absolute Gasteiger partial charge is 0.465 e. The summed E-state index contributed by atoms with van der Waals surface area (Å²) in [4.78, 5) is 29.4. The highest BCUT2D eigenvalue weighted by Gasteiger charge is 2.19. The molecule has 0 atom stereocenters. The third-order valence-corrected chi connectivity index (χ3v) is 5.70. The van der Waals surface area contributed by atoms with Gasteiger partial charge in [-0.3, -0.25) is 4.79 Å². The minimum Gasteiger partial charge on any atom is -0.465 e. The second-order valence-corrected chi connectivity index (χ2v) is 7.87. The van der Waals surface area contributed by atoms with Crippen LogP contribution < -0.4 is 9.62 Å². The first-order valence-corrected chi connectivity index (χ1v) is 10.4. The van der Waals surface area contributed by atoms with Crippen LogP contribution in [0.15, 0.2) is 30.5 Å². The van der Waals surface area contributed by atoms with Crippen molar-refractivity contribution >= 4 is 35.3 Å². The summed E-state index contributed by atoms with van der Waals surface area (Å²) >= 11 is 1.73. The van der Waals surface area contributed by atoms with Gasteiger partial charge in [0, 0.05) is 29.7 Å². The zero-order valence-electron chi connectivity index (χ0n) is 16.4. The number of anilines is 2. The minimum atomic E-state index is -0.415. The number of benzene rings is 1. The second kappa shape index (κ2) is 9.10. The van der Waals surface area contributed by atoms with Crippen LogP contribution in [0.2, 0.25) is 0 Å². The molecule has 2 aromatic rings. The number of hydrogen-bond acceptors (Lipinski definition) is 6. The molecule has 0 unspecified atom stereocenters. The van der Waals surface area contributed by atoms with Crippen LogP contribution in [-0.2, 0) is 11.2 Å². The number of nitrogens with one attached hydrogen (secondary N) is 1. The van der Waals surface area contributed by atoms with Crippen molar-refractivity contribution in [2.24, 2.45) is 0 Å². The topological polar surface area (TPSA) is 71.5 Å². The van der Waals surface area contributed by atoms with Crippen molar-refractivity contribution in [3.05, 3.63) is 52.7 Å². The van der Waals surface area contributed by atoms with E-state index in [1.807, 2.05) is 25.1 Å². The molecular formula is C21H25N3O3S. The molecule has 148 valence electrons. The van der Waals surface area contributed by atoms with Crippen LogP contribution in [0, 0.1) is 6.92 Å². The molecule has 28 heavy (non-hydrogen) atoms. The van der Waals surface area contributed by atoms with Gasteiger partial charge < -0.3 is 14.4 Å². The molecule has 1 aliphatic heterocycles. The Morgan fingerprint density at radius 3 is 2.79 bits per heavy atom. The van der Waals surface area contributed by atoms with Gasteiger partial charge in [0.15, 0.2) is 0 Å². The summed E-state index contributed by atoms with van der Waals surface area (Å²) in [7, 11) is 1.35. The van der Waals surface area contributed by atoms with E-state index >= 15 is 0 Å². The lowest BCUT2D eigenvalue weighted by atomic mass is 10.0. The van der Waals surface area contributed by atoms with Crippen molar-refractivity contribution in [2.75, 3.05) is 29.0 Å². The molecule has 1 saturated heterocycles. The summed E-state index contributed by atoms with van der Waals surface area (Å²) < 4.78 is 6.96. The van der Waals surface area contributed by atoms with Crippen LogP contribution in [0.4, 0.5) is 11.5 Å². The van der Waals surface area contributed by atoms with E-state index in [9.17, 15) is 9.59 Å². The fourth-order valence-corrected chi connectivity index (χ4v) is 4.12. The van der Waals surface area contributed by atoms with Gasteiger partial charge in [-0.15, -0.1) is 0 Å². The first-order chi connectivity index (χ1) is 13.5. The number of carbonyl (C=O) groups is 2. The minimum absolute atomic E-state index is 0.213. The molecule has 0 aliphatic carbocycles. The molecular weight excluding hydrogens is 374 g/mol. The Balaban J connectivity index is 1.87. The lowest BCUT2D eigenvalue weighted by Crippen LogP contribution is -2.17. The Kier molecular flexibility index (Phi) is 6.57. The van der Waals surface area contributed by atoms with Crippen LogP contribution in [0.25, 0.3) is 0 Å². The highest BCUT2D eigenvalue weighted by atomic mass is 32.2. The quantitative estimate of drug-likeness (QED) is 0.579. The molecule has 1 N–H and O–H groups in total. The van der Waals surface area contributed by atoms with E-state index in [-0.39, 0.29) is 5.91 Å². The fraction of sp³-hybridized carbons (Fsp3) is 0.381. The van der Waals surface area contributed by atoms with Gasteiger partial charge in [-0.2, -0.15) is 0 Å². The Morgan fingerprint density at radius 1 is 1.29 bits per heavy atom. The van der Waals surface area contributed by atoms with E-state index in [0.717, 1.165) is 48.5 Å². The average molecular weight is 400 g/mol. The molecule has 0 spiro atoms. The number of rotatable bonds is 6. The number of aryl methyl sites for hydroxylation is 2. The van der Waals surface area contributed by atoms with E-state index in [1.165, 1.54) is 7.11 Å². The summed E-state index contributed by atoms with van der Waals surface area (Å²) in [6.07, 6.45) is 4.61. The Bertz CT molecular complexity index is 879. The van der Waals surface area contributed by atoms with Gasteiger partial charge in [0.1, 0.15) is 5.82 Å². The molecule has 1 fully saturated rings. The van der Waals surface area contributed by atoms with Gasteiger partial charge in [-0.05, 0) is 67.1 Å². The van der Waals surface area contributed by atoms with Gasteiger partial charge in [0.2, 0.25) is 0 Å². The van der Waals surface area contributed by atoms with Gasteiger partial charge in [0.05, 0.1) is 12.7 Å². The van der Waals surface area contributed by atoms with Crippen molar-refractivity contribution in [1.29, 1.82) is 0 Å². The number of nitrogens with zero attached hydrogens (tertiary/aromatic N) is 2. The normalized spacial score (nSPS) is 13.5. The van der Waals surface area contributed by atoms with Crippen LogP contribution in [-0.4, -0.2) is 36.3 Å². The van der Waals surface area contributed by atoms with Gasteiger partial charge in [-0.1, -0.05) is 13.3 Å². The number of ether oxygens (including phenoxy) is 1. The van der Waals surface area contributed by atoms with E-state index in [2.05, 4.69) is 21.5 Å². The molecule has 1 aromatic carbocycles. The molecule has 3 rings (SSSR count). The lowest BCUT2D eigenvalue weighted by molar-refractivity contribution is 0.0600. The fourth-order valence-electron chi connectivity index (χ4n) is 3.15. The van der Waals surface area contributed by atoms with Gasteiger partial charge in [0.25, 0.3) is 5.91 Å². The predicted octanol–water partition coefficient (Wildman–Crippen LogP) is 4.24. The van der Waals surface area contributed by atoms with Crippen molar-refractivity contribution in [3.63, 3.8) is 0 Å². The highest BCUT2D eigenvalue weighted by molar-refractivity contribution is 8.00. The number of carbonyl (C=O) groups excluding carboxylic acids is 2. The zero-order valence-corrected chi connectivity index (χ0v) is 17.3. The first kappa shape index (κ1) is 20.2. The molecule has 0 radical (unpaired) electrons. The van der Waals surface area contributed by atoms with Gasteiger partial charge in [-0.25, -0.2) is 9.78 Å². The monoisotopic (exact) mass is 399 g/mol. The Morgan fingerprint density at radius 2 is 2.11 bits per heavy atom. The standard InChI is InChI=1S/C21H25N3O3S/c1-4-6-15-9-16(21(26)27-3)11-17(10-15)23-20(25)18-12-19(22-13-14(18)2)24-7-5-8-28-24/h9-13H,4-8H2,1-3H3,(H,23,25). The molecule has 0 bridgehead atoms. The van der Waals surface area contributed by atoms with E-state index in [1.54, 1.807) is 24.2 Å². The van der Waals surface area contributed by atoms with Crippen molar-refractivity contribution in [1.82, 2.24) is 4.98 Å². The summed E-state index contributed by atoms with van der Waals surface area (Å²) in [5.41, 5.74) is 3.40. The number of amides is 1. The summed E-state index contributed by atoms with van der Waals surface area (Å²) in [5.74, 6) is 1.24. The molecule has 2 heterocycles. The van der Waals surface area contributed by atoms with E-state index in [4.69, 9.17) is 4.74 Å². The third kappa shape index (κ3) is 4.65. The number of methoxy groups -OCH3 is 1. The molecule has 1 amide bonds. The maximum atomic E-state index is 12.9. The van der Waals surface area contributed by atoms with Crippen LogP contribution in [0.3, 0.4) is 0 Å². The van der Waals surface area contributed by atoms with Crippen LogP contribution >= 0.6 is 11.9 Å². The summed E-state index contributed by atoms with van der Waals surface area (Å²) in [6.45, 7) is 4.88. The Labute approximate surface area is 169 Å². The van der Waals surface area contributed by atoms with E-state index in [0.29, 0.717) is 16.8 Å². The Hall–Kier alpha value is -2.54. The van der Waals surface area contributed by atoms with Crippen LogP contribution in [0.1, 0.15) is 51.6 Å². The summed E-state index contributed by atoms with van der Waals surface area (Å²) in [5, 5.41) is 2.94. The first-order valence-electron chi connectivity index (χ1n) is 9.42. The molecule has 6 nitrogen and oxygen atoms in total. The zero-order chi connectivity index (χ0) is 20.1. The predicted molar refractivity (Wildman–Crippen MR) is 113 cm³/mol. The molecule has 7 heteroatoms. The highest BCUT2D eigenvalue weighted by Crippen LogP contribution is 2.28. The molecule has 0 saturated carbocycles. The van der Waals surface area contributed by atoms with Crippen LogP contribution in [0.5, 0.6) is 0 Å². The average Bonchev–Trinajstić information content (AvgIpc) is 3.22. The smallest absolute Gasteiger partial charge is 0.337 e. The second-order valence-electron chi connectivity index (χ2n) is 6.76. The van der Waals surface area contributed by atoms with Gasteiger partial charge >= 0.3 is 5.97 Å².